The predicted molar refractivity (Wildman–Crippen MR) is 63.8 cm³/mol. The lowest BCUT2D eigenvalue weighted by Crippen LogP contribution is -2.34. The van der Waals surface area contributed by atoms with Crippen molar-refractivity contribution in [1.82, 2.24) is 0 Å². The highest BCUT2D eigenvalue weighted by molar-refractivity contribution is 9.10. The molecule has 4 nitrogen and oxygen atoms in total. The van der Waals surface area contributed by atoms with Gasteiger partial charge in [0.25, 0.3) is 0 Å². The van der Waals surface area contributed by atoms with Gasteiger partial charge in [-0.1, -0.05) is 15.9 Å². The number of halogens is 1. The van der Waals surface area contributed by atoms with E-state index in [0.717, 1.165) is 15.6 Å². The molecule has 4 N–H and O–H groups in total. The van der Waals surface area contributed by atoms with Crippen LogP contribution in [0.25, 0.3) is 0 Å². The molecule has 0 radical (unpaired) electrons. The number of amides is 1. The summed E-state index contributed by atoms with van der Waals surface area (Å²) in [5.41, 5.74) is 7.07. The van der Waals surface area contributed by atoms with E-state index >= 15 is 0 Å². The number of nitrogens with two attached hydrogens (primary N) is 1. The van der Waals surface area contributed by atoms with Crippen LogP contribution in [-0.4, -0.2) is 22.2 Å². The number of carbonyl (C=O) groups is 1. The highest BCUT2D eigenvalue weighted by Crippen LogP contribution is 2.27. The molecular formula is C11H14BrNO3. The highest BCUT2D eigenvalue weighted by atomic mass is 79.9. The number of carbonyl (C=O) groups excluding carboxylic acids is 1. The molecule has 0 aliphatic rings. The smallest absolute Gasteiger partial charge is 0.249 e. The molecule has 0 bridgehead atoms. The van der Waals surface area contributed by atoms with Crippen molar-refractivity contribution in [3.8, 4) is 0 Å². The van der Waals surface area contributed by atoms with Gasteiger partial charge >= 0.3 is 0 Å². The van der Waals surface area contributed by atoms with Crippen LogP contribution in [0.2, 0.25) is 0 Å². The zero-order valence-corrected chi connectivity index (χ0v) is 10.7. The lowest BCUT2D eigenvalue weighted by Gasteiger charge is -2.19. The third-order valence-electron chi connectivity index (χ3n) is 2.44. The van der Waals surface area contributed by atoms with Gasteiger partial charge in [0.2, 0.25) is 5.91 Å². The van der Waals surface area contributed by atoms with Crippen molar-refractivity contribution >= 4 is 21.8 Å². The summed E-state index contributed by atoms with van der Waals surface area (Å²) in [6, 6.07) is 3.61. The first-order valence-corrected chi connectivity index (χ1v) is 5.56. The minimum atomic E-state index is -1.58. The summed E-state index contributed by atoms with van der Waals surface area (Å²) in [6.45, 7) is 3.59. The summed E-state index contributed by atoms with van der Waals surface area (Å²) in [5, 5.41) is 19.3. The standard InChI is InChI=1S/C11H14BrNO3/c1-5-3-7(12)4-6(2)8(5)9(14)10(15)11(13)16/h3-4,9-10,14-15H,1-2H3,(H2,13,16). The molecule has 0 fully saturated rings. The van der Waals surface area contributed by atoms with E-state index in [1.54, 1.807) is 26.0 Å². The third-order valence-corrected chi connectivity index (χ3v) is 2.90. The largest absolute Gasteiger partial charge is 0.385 e. The van der Waals surface area contributed by atoms with Gasteiger partial charge in [0.15, 0.2) is 6.10 Å². The summed E-state index contributed by atoms with van der Waals surface area (Å²) < 4.78 is 0.881. The number of hydrogen-bond acceptors (Lipinski definition) is 3. The fraction of sp³-hybridized carbons (Fsp3) is 0.364. The monoisotopic (exact) mass is 287 g/mol. The van der Waals surface area contributed by atoms with Crippen LogP contribution >= 0.6 is 15.9 Å². The molecule has 1 aromatic carbocycles. The van der Waals surface area contributed by atoms with E-state index in [2.05, 4.69) is 15.9 Å². The van der Waals surface area contributed by atoms with E-state index in [4.69, 9.17) is 5.73 Å². The molecule has 0 saturated carbocycles. The van der Waals surface area contributed by atoms with Gasteiger partial charge in [-0.05, 0) is 42.7 Å². The fourth-order valence-corrected chi connectivity index (χ4v) is 2.39. The second-order valence-corrected chi connectivity index (χ2v) is 4.66. The van der Waals surface area contributed by atoms with Crippen molar-refractivity contribution in [2.75, 3.05) is 0 Å². The van der Waals surface area contributed by atoms with E-state index in [9.17, 15) is 15.0 Å². The highest BCUT2D eigenvalue weighted by Gasteiger charge is 2.26. The summed E-state index contributed by atoms with van der Waals surface area (Å²) in [4.78, 5) is 10.8. The maximum Gasteiger partial charge on any atom is 0.249 e. The average molecular weight is 288 g/mol. The zero-order valence-electron chi connectivity index (χ0n) is 9.07. The lowest BCUT2D eigenvalue weighted by atomic mass is 9.94. The Hall–Kier alpha value is -0.910. The summed E-state index contributed by atoms with van der Waals surface area (Å²) in [6.07, 6.45) is -2.87. The molecule has 0 heterocycles. The summed E-state index contributed by atoms with van der Waals surface area (Å²) in [7, 11) is 0. The Morgan fingerprint density at radius 2 is 1.75 bits per heavy atom. The van der Waals surface area contributed by atoms with Crippen LogP contribution in [0.4, 0.5) is 0 Å². The molecule has 1 rings (SSSR count). The van der Waals surface area contributed by atoms with E-state index in [1.807, 2.05) is 0 Å². The maximum absolute atomic E-state index is 10.8. The Labute approximate surface area is 102 Å². The molecule has 1 aromatic rings. The van der Waals surface area contributed by atoms with Gasteiger partial charge in [0.05, 0.1) is 0 Å². The van der Waals surface area contributed by atoms with Crippen LogP contribution < -0.4 is 5.73 Å². The van der Waals surface area contributed by atoms with Crippen molar-refractivity contribution in [2.24, 2.45) is 5.73 Å². The van der Waals surface area contributed by atoms with Crippen LogP contribution in [0.15, 0.2) is 16.6 Å². The summed E-state index contributed by atoms with van der Waals surface area (Å²) in [5.74, 6) is -0.936. The Morgan fingerprint density at radius 3 is 2.12 bits per heavy atom. The van der Waals surface area contributed by atoms with Crippen LogP contribution in [0.3, 0.4) is 0 Å². The fourth-order valence-electron chi connectivity index (χ4n) is 1.70. The number of aliphatic hydroxyl groups is 2. The average Bonchev–Trinajstić information content (AvgIpc) is 2.14. The minimum Gasteiger partial charge on any atom is -0.385 e. The first kappa shape index (κ1) is 13.2. The first-order valence-electron chi connectivity index (χ1n) is 4.76. The van der Waals surface area contributed by atoms with Gasteiger partial charge in [-0.15, -0.1) is 0 Å². The van der Waals surface area contributed by atoms with Crippen LogP contribution in [0, 0.1) is 13.8 Å². The quantitative estimate of drug-likeness (QED) is 0.774. The molecule has 0 aliphatic heterocycles. The molecule has 2 atom stereocenters. The van der Waals surface area contributed by atoms with Crippen LogP contribution in [0.5, 0.6) is 0 Å². The molecular weight excluding hydrogens is 274 g/mol. The topological polar surface area (TPSA) is 83.6 Å². The lowest BCUT2D eigenvalue weighted by molar-refractivity contribution is -0.132. The molecule has 1 amide bonds. The Bertz CT molecular complexity index is 397. The van der Waals surface area contributed by atoms with Gasteiger partial charge in [0, 0.05) is 4.47 Å². The van der Waals surface area contributed by atoms with Gasteiger partial charge in [0.1, 0.15) is 6.10 Å². The Balaban J connectivity index is 3.18. The Morgan fingerprint density at radius 1 is 1.31 bits per heavy atom. The second-order valence-electron chi connectivity index (χ2n) is 3.75. The van der Waals surface area contributed by atoms with Crippen molar-refractivity contribution in [3.05, 3.63) is 33.3 Å². The van der Waals surface area contributed by atoms with Gasteiger partial charge in [-0.25, -0.2) is 0 Å². The second kappa shape index (κ2) is 4.95. The van der Waals surface area contributed by atoms with Crippen molar-refractivity contribution in [1.29, 1.82) is 0 Å². The van der Waals surface area contributed by atoms with Gasteiger partial charge in [-0.3, -0.25) is 4.79 Å². The predicted octanol–water partition coefficient (Wildman–Crippen LogP) is 0.946. The number of rotatable bonds is 3. The molecule has 0 aromatic heterocycles. The van der Waals surface area contributed by atoms with E-state index in [0.29, 0.717) is 5.56 Å². The molecule has 16 heavy (non-hydrogen) atoms. The zero-order chi connectivity index (χ0) is 12.5. The number of aryl methyl sites for hydroxylation is 2. The molecule has 88 valence electrons. The maximum atomic E-state index is 10.8. The SMILES string of the molecule is Cc1cc(Br)cc(C)c1C(O)C(O)C(N)=O. The van der Waals surface area contributed by atoms with Crippen LogP contribution in [-0.2, 0) is 4.79 Å². The van der Waals surface area contributed by atoms with E-state index in [1.165, 1.54) is 0 Å². The van der Waals surface area contributed by atoms with Crippen molar-refractivity contribution < 1.29 is 15.0 Å². The van der Waals surface area contributed by atoms with Crippen LogP contribution in [0.1, 0.15) is 22.8 Å². The molecule has 5 heteroatoms. The first-order chi connectivity index (χ1) is 7.34. The van der Waals surface area contributed by atoms with Crippen molar-refractivity contribution in [3.63, 3.8) is 0 Å². The molecule has 0 spiro atoms. The third kappa shape index (κ3) is 2.61. The van der Waals surface area contributed by atoms with Gasteiger partial charge < -0.3 is 15.9 Å². The van der Waals surface area contributed by atoms with Crippen molar-refractivity contribution in [2.45, 2.75) is 26.1 Å². The van der Waals surface area contributed by atoms with E-state index in [-0.39, 0.29) is 0 Å². The minimum absolute atomic E-state index is 0.537. The Kier molecular flexibility index (Phi) is 4.07. The summed E-state index contributed by atoms with van der Waals surface area (Å²) >= 11 is 3.33. The van der Waals surface area contributed by atoms with E-state index < -0.39 is 18.1 Å². The normalized spacial score (nSPS) is 14.6. The molecule has 0 saturated heterocycles. The number of primary amides is 1. The molecule has 0 aliphatic carbocycles. The number of hydrogen-bond donors (Lipinski definition) is 3. The number of aliphatic hydroxyl groups excluding tert-OH is 2. The molecule has 2 unspecified atom stereocenters. The van der Waals surface area contributed by atoms with Gasteiger partial charge in [-0.2, -0.15) is 0 Å². The number of benzene rings is 1.